The maximum absolute atomic E-state index is 4.44. The Bertz CT molecular complexity index is 1010. The Labute approximate surface area is 139 Å². The summed E-state index contributed by atoms with van der Waals surface area (Å²) in [6.45, 7) is 0. The first kappa shape index (κ1) is 13.1. The van der Waals surface area contributed by atoms with Crippen LogP contribution in [0.4, 0.5) is 0 Å². The second-order valence-electron chi connectivity index (χ2n) is 6.00. The van der Waals surface area contributed by atoms with E-state index < -0.39 is 0 Å². The number of nitrogens with zero attached hydrogens (tertiary/aromatic N) is 1. The summed E-state index contributed by atoms with van der Waals surface area (Å²) in [5.74, 6) is 0. The summed E-state index contributed by atoms with van der Waals surface area (Å²) in [5.41, 5.74) is 6.63. The molecule has 3 nitrogen and oxygen atoms in total. The fraction of sp³-hybridized carbons (Fsp3) is 0. The summed E-state index contributed by atoms with van der Waals surface area (Å²) < 4.78 is 0. The smallest absolute Gasteiger partial charge is 0.0480 e. The zero-order valence-electron chi connectivity index (χ0n) is 13.0. The van der Waals surface area contributed by atoms with Crippen LogP contribution in [0, 0.1) is 0 Å². The van der Waals surface area contributed by atoms with Gasteiger partial charge < -0.3 is 9.97 Å². The van der Waals surface area contributed by atoms with Gasteiger partial charge in [0.25, 0.3) is 0 Å². The average Bonchev–Trinajstić information content (AvgIpc) is 3.26. The van der Waals surface area contributed by atoms with Crippen LogP contribution in [0.25, 0.3) is 44.3 Å². The third-order valence-electron chi connectivity index (χ3n) is 4.42. The molecule has 0 atom stereocenters. The van der Waals surface area contributed by atoms with Gasteiger partial charge in [0, 0.05) is 56.7 Å². The van der Waals surface area contributed by atoms with Crippen molar-refractivity contribution in [3.05, 3.63) is 79.1 Å². The van der Waals surface area contributed by atoms with E-state index in [1.807, 2.05) is 24.5 Å². The molecule has 3 aromatic heterocycles. The number of para-hydroxylation sites is 2. The highest BCUT2D eigenvalue weighted by Crippen LogP contribution is 2.28. The first-order chi connectivity index (χ1) is 11.9. The summed E-state index contributed by atoms with van der Waals surface area (Å²) >= 11 is 0. The molecule has 3 heterocycles. The summed E-state index contributed by atoms with van der Waals surface area (Å²) in [6, 6.07) is 23.1. The Balaban J connectivity index is 1.62. The standard InChI is InChI=1S/C21H15N3/c1-3-7-18-14(5-1)10-20(23-18)16-9-17(13-22-12-16)21-11-15-6-2-4-8-19(15)24-21/h1-13,23-24H. The Morgan fingerprint density at radius 2 is 1.08 bits per heavy atom. The Morgan fingerprint density at radius 1 is 0.583 bits per heavy atom. The van der Waals surface area contributed by atoms with Gasteiger partial charge in [0.15, 0.2) is 0 Å². The third kappa shape index (κ3) is 2.10. The molecular weight excluding hydrogens is 294 g/mol. The molecule has 2 aromatic carbocycles. The Kier molecular flexibility index (Phi) is 2.79. The molecule has 0 spiro atoms. The van der Waals surface area contributed by atoms with Crippen LogP contribution in [0.5, 0.6) is 0 Å². The largest absolute Gasteiger partial charge is 0.354 e. The average molecular weight is 309 g/mol. The van der Waals surface area contributed by atoms with Gasteiger partial charge in [-0.25, -0.2) is 0 Å². The third-order valence-corrected chi connectivity index (χ3v) is 4.42. The lowest BCUT2D eigenvalue weighted by Gasteiger charge is -2.01. The van der Waals surface area contributed by atoms with Gasteiger partial charge in [-0.1, -0.05) is 36.4 Å². The van der Waals surface area contributed by atoms with E-state index in [0.29, 0.717) is 0 Å². The van der Waals surface area contributed by atoms with Gasteiger partial charge in [0.05, 0.1) is 0 Å². The van der Waals surface area contributed by atoms with Gasteiger partial charge in [0.2, 0.25) is 0 Å². The molecule has 0 radical (unpaired) electrons. The number of pyridine rings is 1. The van der Waals surface area contributed by atoms with Gasteiger partial charge in [0.1, 0.15) is 0 Å². The molecule has 0 bridgehead atoms. The molecule has 5 aromatic rings. The van der Waals surface area contributed by atoms with Gasteiger partial charge in [-0.05, 0) is 30.3 Å². The highest BCUT2D eigenvalue weighted by molar-refractivity contribution is 5.88. The van der Waals surface area contributed by atoms with E-state index in [-0.39, 0.29) is 0 Å². The van der Waals surface area contributed by atoms with Crippen molar-refractivity contribution in [2.75, 3.05) is 0 Å². The van der Waals surface area contributed by atoms with Crippen molar-refractivity contribution in [1.82, 2.24) is 15.0 Å². The summed E-state index contributed by atoms with van der Waals surface area (Å²) in [6.07, 6.45) is 3.80. The van der Waals surface area contributed by atoms with Crippen LogP contribution in [0.15, 0.2) is 79.1 Å². The van der Waals surface area contributed by atoms with Crippen molar-refractivity contribution < 1.29 is 0 Å². The van der Waals surface area contributed by atoms with E-state index in [4.69, 9.17) is 0 Å². The summed E-state index contributed by atoms with van der Waals surface area (Å²) in [4.78, 5) is 11.4. The zero-order chi connectivity index (χ0) is 15.9. The van der Waals surface area contributed by atoms with E-state index in [0.717, 1.165) is 33.5 Å². The molecule has 3 heteroatoms. The minimum Gasteiger partial charge on any atom is -0.354 e. The molecule has 0 saturated carbocycles. The van der Waals surface area contributed by atoms with Gasteiger partial charge in [-0.3, -0.25) is 4.98 Å². The van der Waals surface area contributed by atoms with E-state index in [9.17, 15) is 0 Å². The van der Waals surface area contributed by atoms with Crippen molar-refractivity contribution in [2.24, 2.45) is 0 Å². The molecular formula is C21H15N3. The van der Waals surface area contributed by atoms with Crippen LogP contribution >= 0.6 is 0 Å². The molecule has 0 aliphatic heterocycles. The Morgan fingerprint density at radius 3 is 1.58 bits per heavy atom. The lowest BCUT2D eigenvalue weighted by Crippen LogP contribution is -1.84. The first-order valence-corrected chi connectivity index (χ1v) is 7.98. The van der Waals surface area contributed by atoms with E-state index in [2.05, 4.69) is 69.5 Å². The van der Waals surface area contributed by atoms with Crippen molar-refractivity contribution in [3.8, 4) is 22.5 Å². The van der Waals surface area contributed by atoms with Crippen molar-refractivity contribution >= 4 is 21.8 Å². The minimum absolute atomic E-state index is 1.08. The van der Waals surface area contributed by atoms with E-state index >= 15 is 0 Å². The highest BCUT2D eigenvalue weighted by Gasteiger charge is 2.07. The maximum Gasteiger partial charge on any atom is 0.0480 e. The van der Waals surface area contributed by atoms with Gasteiger partial charge in [-0.15, -0.1) is 0 Å². The molecule has 0 fully saturated rings. The molecule has 0 amide bonds. The number of benzene rings is 2. The molecule has 0 unspecified atom stereocenters. The number of hydrogen-bond acceptors (Lipinski definition) is 1. The van der Waals surface area contributed by atoms with Gasteiger partial charge >= 0.3 is 0 Å². The van der Waals surface area contributed by atoms with Crippen LogP contribution in [-0.4, -0.2) is 15.0 Å². The lowest BCUT2D eigenvalue weighted by molar-refractivity contribution is 1.30. The number of H-pyrrole nitrogens is 2. The molecule has 0 aliphatic rings. The predicted molar refractivity (Wildman–Crippen MR) is 98.8 cm³/mol. The fourth-order valence-corrected chi connectivity index (χ4v) is 3.19. The molecule has 0 aliphatic carbocycles. The number of rotatable bonds is 2. The topological polar surface area (TPSA) is 44.5 Å². The molecule has 114 valence electrons. The quantitative estimate of drug-likeness (QED) is 0.452. The highest BCUT2D eigenvalue weighted by atomic mass is 14.7. The van der Waals surface area contributed by atoms with Crippen LogP contribution in [0.1, 0.15) is 0 Å². The van der Waals surface area contributed by atoms with Crippen LogP contribution in [0.2, 0.25) is 0 Å². The fourth-order valence-electron chi connectivity index (χ4n) is 3.19. The summed E-state index contributed by atoms with van der Waals surface area (Å²) in [7, 11) is 0. The van der Waals surface area contributed by atoms with Crippen LogP contribution in [-0.2, 0) is 0 Å². The molecule has 5 rings (SSSR count). The Hall–Kier alpha value is -3.33. The normalized spacial score (nSPS) is 11.3. The lowest BCUT2D eigenvalue weighted by atomic mass is 10.1. The number of fused-ring (bicyclic) bond motifs is 2. The number of nitrogens with one attached hydrogen (secondary N) is 2. The maximum atomic E-state index is 4.44. The van der Waals surface area contributed by atoms with Crippen molar-refractivity contribution in [1.29, 1.82) is 0 Å². The molecule has 0 saturated heterocycles. The van der Waals surface area contributed by atoms with Gasteiger partial charge in [-0.2, -0.15) is 0 Å². The van der Waals surface area contributed by atoms with E-state index in [1.54, 1.807) is 0 Å². The van der Waals surface area contributed by atoms with Crippen molar-refractivity contribution in [3.63, 3.8) is 0 Å². The second-order valence-corrected chi connectivity index (χ2v) is 6.00. The number of aromatic amines is 2. The predicted octanol–water partition coefficient (Wildman–Crippen LogP) is 5.38. The molecule has 24 heavy (non-hydrogen) atoms. The second kappa shape index (κ2) is 5.10. The monoisotopic (exact) mass is 309 g/mol. The van der Waals surface area contributed by atoms with Crippen molar-refractivity contribution in [2.45, 2.75) is 0 Å². The SMILES string of the molecule is c1ccc2[nH]c(-c3cncc(-c4cc5ccccc5[nH]4)c3)cc2c1. The number of hydrogen-bond donors (Lipinski definition) is 2. The minimum atomic E-state index is 1.08. The molecule has 2 N–H and O–H groups in total. The van der Waals surface area contributed by atoms with Crippen LogP contribution < -0.4 is 0 Å². The number of aromatic nitrogens is 3. The van der Waals surface area contributed by atoms with Crippen LogP contribution in [0.3, 0.4) is 0 Å². The zero-order valence-corrected chi connectivity index (χ0v) is 13.0. The summed E-state index contributed by atoms with van der Waals surface area (Å²) in [5, 5.41) is 2.42. The van der Waals surface area contributed by atoms with E-state index in [1.165, 1.54) is 10.8 Å². The first-order valence-electron chi connectivity index (χ1n) is 7.98.